The number of benzene rings is 1. The van der Waals surface area contributed by atoms with Crippen LogP contribution >= 0.6 is 0 Å². The van der Waals surface area contributed by atoms with Gasteiger partial charge in [0.25, 0.3) is 0 Å². The average Bonchev–Trinajstić information content (AvgIpc) is 2.53. The minimum absolute atomic E-state index is 0.465. The molecule has 0 aromatic heterocycles. The van der Waals surface area contributed by atoms with E-state index in [4.69, 9.17) is 4.74 Å². The first-order valence-electron chi connectivity index (χ1n) is 9.54. The van der Waals surface area contributed by atoms with E-state index in [1.54, 1.807) is 0 Å². The second kappa shape index (κ2) is 10.3. The van der Waals surface area contributed by atoms with Gasteiger partial charge >= 0.3 is 6.09 Å². The van der Waals surface area contributed by atoms with Crippen LogP contribution in [-0.2, 0) is 0 Å². The molecule has 0 spiro atoms. The van der Waals surface area contributed by atoms with Crippen LogP contribution < -0.4 is 10.1 Å². The van der Waals surface area contributed by atoms with Crippen molar-refractivity contribution in [2.75, 3.05) is 0 Å². The van der Waals surface area contributed by atoms with Gasteiger partial charge in [0.05, 0.1) is 0 Å². The topological polar surface area (TPSA) is 38.3 Å². The third-order valence-electron chi connectivity index (χ3n) is 4.88. The Morgan fingerprint density at radius 3 is 2.00 bits per heavy atom. The van der Waals surface area contributed by atoms with E-state index in [9.17, 15) is 4.79 Å². The number of rotatable bonds is 9. The summed E-state index contributed by atoms with van der Waals surface area (Å²) < 4.78 is 5.38. The van der Waals surface area contributed by atoms with Gasteiger partial charge in [-0.05, 0) is 47.8 Å². The molecule has 140 valence electrons. The molecule has 0 aliphatic rings. The number of allylic oxidation sites excluding steroid dienone is 1. The predicted molar refractivity (Wildman–Crippen MR) is 106 cm³/mol. The first-order chi connectivity index (χ1) is 11.8. The van der Waals surface area contributed by atoms with Crippen LogP contribution in [0.4, 0.5) is 4.79 Å². The highest BCUT2D eigenvalue weighted by molar-refractivity contribution is 5.72. The minimum atomic E-state index is -0.465. The van der Waals surface area contributed by atoms with Crippen LogP contribution in [0.2, 0.25) is 0 Å². The fourth-order valence-electron chi connectivity index (χ4n) is 3.55. The van der Waals surface area contributed by atoms with Crippen LogP contribution in [-0.4, -0.2) is 6.09 Å². The van der Waals surface area contributed by atoms with Gasteiger partial charge in [-0.2, -0.15) is 0 Å². The zero-order chi connectivity index (χ0) is 19.0. The van der Waals surface area contributed by atoms with E-state index in [-0.39, 0.29) is 0 Å². The highest BCUT2D eigenvalue weighted by Crippen LogP contribution is 2.32. The summed E-state index contributed by atoms with van der Waals surface area (Å²) in [7, 11) is 0. The fraction of sp³-hybridized carbons (Fsp3) is 0.591. The summed E-state index contributed by atoms with van der Waals surface area (Å²) in [5.74, 6) is 2.76. The fourth-order valence-corrected chi connectivity index (χ4v) is 3.55. The first kappa shape index (κ1) is 21.3. The van der Waals surface area contributed by atoms with Gasteiger partial charge in [0.15, 0.2) is 0 Å². The van der Waals surface area contributed by atoms with E-state index in [2.05, 4.69) is 65.6 Å². The molecule has 1 amide bonds. The maximum atomic E-state index is 12.0. The van der Waals surface area contributed by atoms with E-state index in [1.165, 1.54) is 5.56 Å². The zero-order valence-corrected chi connectivity index (χ0v) is 16.8. The molecule has 0 saturated carbocycles. The molecule has 0 aliphatic carbocycles. The Labute approximate surface area is 153 Å². The third kappa shape index (κ3) is 6.93. The molecule has 0 fully saturated rings. The summed E-state index contributed by atoms with van der Waals surface area (Å²) in [6.45, 7) is 17.2. The Morgan fingerprint density at radius 2 is 1.56 bits per heavy atom. The lowest BCUT2D eigenvalue weighted by Gasteiger charge is -2.25. The Morgan fingerprint density at radius 1 is 1.04 bits per heavy atom. The van der Waals surface area contributed by atoms with Crippen LogP contribution in [0.5, 0.6) is 5.75 Å². The van der Waals surface area contributed by atoms with Crippen molar-refractivity contribution in [2.24, 2.45) is 17.8 Å². The molecule has 1 rings (SSSR count). The molecule has 0 saturated heterocycles. The lowest BCUT2D eigenvalue weighted by Crippen LogP contribution is -2.26. The number of ether oxygens (including phenoxy) is 1. The van der Waals surface area contributed by atoms with E-state index in [0.29, 0.717) is 29.4 Å². The molecule has 0 heterocycles. The summed E-state index contributed by atoms with van der Waals surface area (Å²) in [4.78, 5) is 12.0. The van der Waals surface area contributed by atoms with Crippen molar-refractivity contribution in [1.82, 2.24) is 5.32 Å². The maximum absolute atomic E-state index is 12.0. The Balaban J connectivity index is 2.62. The van der Waals surface area contributed by atoms with Gasteiger partial charge in [-0.1, -0.05) is 73.1 Å². The van der Waals surface area contributed by atoms with Crippen LogP contribution in [0, 0.1) is 17.8 Å². The molecule has 0 atom stereocenters. The van der Waals surface area contributed by atoms with Crippen LogP contribution in [0.15, 0.2) is 36.5 Å². The summed E-state index contributed by atoms with van der Waals surface area (Å²) >= 11 is 0. The quantitative estimate of drug-likeness (QED) is 0.554. The highest BCUT2D eigenvalue weighted by Gasteiger charge is 2.19. The smallest absolute Gasteiger partial charge is 0.410 e. The highest BCUT2D eigenvalue weighted by atomic mass is 16.6. The van der Waals surface area contributed by atoms with Gasteiger partial charge in [-0.15, -0.1) is 0 Å². The number of hydrogen-bond donors (Lipinski definition) is 1. The number of amides is 1. The molecule has 1 aromatic rings. The molecule has 0 radical (unpaired) electrons. The lowest BCUT2D eigenvalue weighted by molar-refractivity contribution is 0.202. The van der Waals surface area contributed by atoms with E-state index >= 15 is 0 Å². The van der Waals surface area contributed by atoms with E-state index in [0.717, 1.165) is 25.0 Å². The second-order valence-electron chi connectivity index (χ2n) is 7.59. The molecule has 3 nitrogen and oxygen atoms in total. The maximum Gasteiger partial charge on any atom is 0.416 e. The summed E-state index contributed by atoms with van der Waals surface area (Å²) in [5, 5.41) is 2.75. The molecule has 0 unspecified atom stereocenters. The first-order valence-corrected chi connectivity index (χ1v) is 9.54. The van der Waals surface area contributed by atoms with Gasteiger partial charge in [-0.3, -0.25) is 5.32 Å². The molecule has 3 heteroatoms. The van der Waals surface area contributed by atoms with Gasteiger partial charge in [0, 0.05) is 5.70 Å². The number of hydrogen-bond acceptors (Lipinski definition) is 2. The largest absolute Gasteiger partial charge is 0.416 e. The second-order valence-corrected chi connectivity index (χ2v) is 7.59. The normalized spacial score (nSPS) is 11.4. The average molecular weight is 346 g/mol. The van der Waals surface area contributed by atoms with Crippen LogP contribution in [0.25, 0.3) is 0 Å². The Hall–Kier alpha value is -1.77. The molecule has 0 bridgehead atoms. The number of carbonyl (C=O) groups excluding carboxylic acids is 1. The van der Waals surface area contributed by atoms with Crippen molar-refractivity contribution >= 4 is 6.09 Å². The number of carbonyl (C=O) groups is 1. The Bertz CT molecular complexity index is 534. The van der Waals surface area contributed by atoms with Crippen molar-refractivity contribution in [1.29, 1.82) is 0 Å². The predicted octanol–water partition coefficient (Wildman–Crippen LogP) is 6.51. The van der Waals surface area contributed by atoms with Crippen molar-refractivity contribution in [2.45, 2.75) is 66.7 Å². The molecule has 0 aliphatic heterocycles. The van der Waals surface area contributed by atoms with Crippen molar-refractivity contribution in [3.8, 4) is 5.75 Å². The van der Waals surface area contributed by atoms with Gasteiger partial charge < -0.3 is 4.74 Å². The van der Waals surface area contributed by atoms with Crippen molar-refractivity contribution < 1.29 is 9.53 Å². The molecule has 25 heavy (non-hydrogen) atoms. The monoisotopic (exact) mass is 345 g/mol. The molecular formula is C22H35NO2. The Kier molecular flexibility index (Phi) is 8.74. The van der Waals surface area contributed by atoms with Gasteiger partial charge in [0.2, 0.25) is 0 Å². The number of nitrogens with one attached hydrogen (secondary N) is 1. The molecule has 1 N–H and O–H groups in total. The lowest BCUT2D eigenvalue weighted by atomic mass is 9.80. The molecular weight excluding hydrogens is 310 g/mol. The summed E-state index contributed by atoms with van der Waals surface area (Å²) in [5.41, 5.74) is 2.01. The van der Waals surface area contributed by atoms with Crippen LogP contribution in [0.1, 0.15) is 72.3 Å². The van der Waals surface area contributed by atoms with E-state index in [1.807, 2.05) is 12.1 Å². The van der Waals surface area contributed by atoms with Gasteiger partial charge in [-0.25, -0.2) is 4.79 Å². The SMILES string of the molecule is C=C(CC(CC)CC)NC(=O)Oc1ccc(C(C(C)C)C(C)C)cc1. The van der Waals surface area contributed by atoms with Crippen molar-refractivity contribution in [3.05, 3.63) is 42.1 Å². The standard InChI is InChI=1S/C22H35NO2/c1-8-18(9-2)14-17(7)23-22(24)25-20-12-10-19(11-13-20)21(15(3)4)16(5)6/h10-13,15-16,18,21H,7-9,14H2,1-6H3,(H,23,24). The summed E-state index contributed by atoms with van der Waals surface area (Å²) in [6.07, 6.45) is 2.50. The minimum Gasteiger partial charge on any atom is -0.410 e. The van der Waals surface area contributed by atoms with Crippen molar-refractivity contribution in [3.63, 3.8) is 0 Å². The third-order valence-corrected chi connectivity index (χ3v) is 4.88. The summed E-state index contributed by atoms with van der Waals surface area (Å²) in [6, 6.07) is 7.87. The molecule has 1 aromatic carbocycles. The van der Waals surface area contributed by atoms with Crippen LogP contribution in [0.3, 0.4) is 0 Å². The van der Waals surface area contributed by atoms with Gasteiger partial charge in [0.1, 0.15) is 5.75 Å². The van der Waals surface area contributed by atoms with E-state index < -0.39 is 6.09 Å². The zero-order valence-electron chi connectivity index (χ0n) is 16.8.